The SMILES string of the molecule is CN1CCC(c2cnc(Cc3ccccc3)o2)CC1.O=C(O)C(CC1CC1)N1CCC(c2cccc(F)c2)C1. The average Bonchev–Trinajstić information content (AvgIpc) is 3.42. The van der Waals surface area contributed by atoms with Crippen LogP contribution in [-0.2, 0) is 11.2 Å². The third-order valence-corrected chi connectivity index (χ3v) is 8.41. The number of nitrogens with zero attached hydrogens (tertiary/aromatic N) is 3. The third-order valence-electron chi connectivity index (χ3n) is 8.41. The lowest BCUT2D eigenvalue weighted by molar-refractivity contribution is -0.143. The molecule has 7 heteroatoms. The van der Waals surface area contributed by atoms with E-state index in [0.717, 1.165) is 62.7 Å². The highest BCUT2D eigenvalue weighted by atomic mass is 19.1. The third kappa shape index (κ3) is 7.76. The standard InChI is InChI=1S/C16H20FNO2.C16H20N2O/c17-14-3-1-2-12(9-14)13-6-7-18(10-13)15(16(19)20)8-11-4-5-11;1-18-9-7-14(8-10-18)15-12-17-16(19-15)11-13-5-3-2-4-6-13/h1-3,9,11,13,15H,4-8,10H2,(H,19,20);2-6,12,14H,7-11H2,1H3. The minimum Gasteiger partial charge on any atom is -0.480 e. The summed E-state index contributed by atoms with van der Waals surface area (Å²) < 4.78 is 19.2. The minimum atomic E-state index is -0.711. The number of oxazole rings is 1. The van der Waals surface area contributed by atoms with E-state index in [-0.39, 0.29) is 17.8 Å². The summed E-state index contributed by atoms with van der Waals surface area (Å²) in [5.41, 5.74) is 2.24. The van der Waals surface area contributed by atoms with Crippen LogP contribution in [0.1, 0.15) is 73.1 Å². The van der Waals surface area contributed by atoms with Crippen molar-refractivity contribution in [3.05, 3.63) is 89.4 Å². The molecule has 3 aliphatic rings. The van der Waals surface area contributed by atoms with Gasteiger partial charge >= 0.3 is 5.97 Å². The molecular weight excluding hydrogens is 493 g/mol. The number of aromatic nitrogens is 1. The van der Waals surface area contributed by atoms with Crippen LogP contribution < -0.4 is 0 Å². The van der Waals surface area contributed by atoms with E-state index in [1.165, 1.54) is 37.3 Å². The van der Waals surface area contributed by atoms with Crippen LogP contribution in [0.3, 0.4) is 0 Å². The number of carboxylic acids is 1. The number of carbonyl (C=O) groups is 1. The largest absolute Gasteiger partial charge is 0.480 e. The summed E-state index contributed by atoms with van der Waals surface area (Å²) in [5, 5.41) is 9.41. The molecule has 0 radical (unpaired) electrons. The molecule has 1 aliphatic carbocycles. The number of benzene rings is 2. The van der Waals surface area contributed by atoms with Crippen molar-refractivity contribution < 1.29 is 18.7 Å². The van der Waals surface area contributed by atoms with Gasteiger partial charge < -0.3 is 14.4 Å². The molecule has 3 fully saturated rings. The predicted molar refractivity (Wildman–Crippen MR) is 149 cm³/mol. The number of hydrogen-bond donors (Lipinski definition) is 1. The van der Waals surface area contributed by atoms with Gasteiger partial charge in [0.15, 0.2) is 5.89 Å². The Kier molecular flexibility index (Phi) is 9.09. The highest BCUT2D eigenvalue weighted by molar-refractivity contribution is 5.73. The quantitative estimate of drug-likeness (QED) is 0.386. The van der Waals surface area contributed by atoms with Gasteiger partial charge in [-0.25, -0.2) is 9.37 Å². The monoisotopic (exact) mass is 533 g/mol. The molecule has 6 nitrogen and oxygen atoms in total. The Morgan fingerprint density at radius 1 is 1.03 bits per heavy atom. The van der Waals surface area contributed by atoms with E-state index < -0.39 is 5.97 Å². The van der Waals surface area contributed by atoms with E-state index in [1.807, 2.05) is 18.3 Å². The van der Waals surface area contributed by atoms with E-state index in [4.69, 9.17) is 4.42 Å². The minimum absolute atomic E-state index is 0.214. The van der Waals surface area contributed by atoms with Gasteiger partial charge in [-0.2, -0.15) is 0 Å². The number of hydrogen-bond acceptors (Lipinski definition) is 5. The molecule has 208 valence electrons. The van der Waals surface area contributed by atoms with Crippen molar-refractivity contribution in [1.82, 2.24) is 14.8 Å². The number of piperidine rings is 1. The molecule has 1 aromatic heterocycles. The number of aliphatic carboxylic acids is 1. The lowest BCUT2D eigenvalue weighted by Gasteiger charge is -2.27. The van der Waals surface area contributed by atoms with Gasteiger partial charge in [-0.1, -0.05) is 55.3 Å². The first kappa shape index (κ1) is 27.5. The first-order chi connectivity index (χ1) is 18.9. The second kappa shape index (κ2) is 12.9. The fraction of sp³-hybridized carbons (Fsp3) is 0.500. The summed E-state index contributed by atoms with van der Waals surface area (Å²) in [6.07, 6.45) is 9.09. The fourth-order valence-corrected chi connectivity index (χ4v) is 5.84. The molecule has 6 rings (SSSR count). The molecule has 2 unspecified atom stereocenters. The van der Waals surface area contributed by atoms with Gasteiger partial charge in [0, 0.05) is 18.9 Å². The van der Waals surface area contributed by atoms with Crippen molar-refractivity contribution in [3.8, 4) is 0 Å². The van der Waals surface area contributed by atoms with Crippen LogP contribution in [0, 0.1) is 11.7 Å². The molecule has 2 aromatic carbocycles. The molecule has 39 heavy (non-hydrogen) atoms. The van der Waals surface area contributed by atoms with Crippen LogP contribution in [0.2, 0.25) is 0 Å². The summed E-state index contributed by atoms with van der Waals surface area (Å²) in [5.74, 6) is 2.38. The Bertz CT molecular complexity index is 1200. The fourth-order valence-electron chi connectivity index (χ4n) is 5.84. The number of carboxylic acid groups (broad SMARTS) is 1. The lowest BCUT2D eigenvalue weighted by atomic mass is 9.95. The van der Waals surface area contributed by atoms with Crippen molar-refractivity contribution in [3.63, 3.8) is 0 Å². The summed E-state index contributed by atoms with van der Waals surface area (Å²) in [6, 6.07) is 16.7. The molecular formula is C32H40FN3O3. The number of rotatable bonds is 8. The van der Waals surface area contributed by atoms with Gasteiger partial charge in [0.05, 0.1) is 6.20 Å². The number of likely N-dealkylation sites (tertiary alicyclic amines) is 2. The molecule has 3 heterocycles. The zero-order valence-corrected chi connectivity index (χ0v) is 22.8. The van der Waals surface area contributed by atoms with E-state index >= 15 is 0 Å². The van der Waals surface area contributed by atoms with Crippen LogP contribution in [0.25, 0.3) is 0 Å². The van der Waals surface area contributed by atoms with Crippen molar-refractivity contribution >= 4 is 5.97 Å². The maximum atomic E-state index is 13.3. The van der Waals surface area contributed by atoms with Crippen LogP contribution in [-0.4, -0.2) is 65.1 Å². The normalized spacial score (nSPS) is 21.3. The summed E-state index contributed by atoms with van der Waals surface area (Å²) in [6.45, 7) is 3.83. The summed E-state index contributed by atoms with van der Waals surface area (Å²) in [7, 11) is 2.18. The molecule has 0 bridgehead atoms. The van der Waals surface area contributed by atoms with Crippen molar-refractivity contribution in [2.24, 2.45) is 5.92 Å². The average molecular weight is 534 g/mol. The zero-order valence-electron chi connectivity index (χ0n) is 22.8. The Hall–Kier alpha value is -3.03. The highest BCUT2D eigenvalue weighted by Crippen LogP contribution is 2.37. The molecule has 2 aliphatic heterocycles. The van der Waals surface area contributed by atoms with Crippen LogP contribution >= 0.6 is 0 Å². The van der Waals surface area contributed by atoms with Gasteiger partial charge in [-0.05, 0) is 87.5 Å². The van der Waals surface area contributed by atoms with Gasteiger partial charge in [0.1, 0.15) is 17.6 Å². The van der Waals surface area contributed by atoms with Crippen molar-refractivity contribution in [2.75, 3.05) is 33.2 Å². The van der Waals surface area contributed by atoms with Gasteiger partial charge in [-0.3, -0.25) is 9.69 Å². The molecule has 1 saturated carbocycles. The Labute approximate surface area is 230 Å². The van der Waals surface area contributed by atoms with Crippen LogP contribution in [0.5, 0.6) is 0 Å². The van der Waals surface area contributed by atoms with Crippen molar-refractivity contribution in [2.45, 2.75) is 62.8 Å². The van der Waals surface area contributed by atoms with E-state index in [1.54, 1.807) is 12.1 Å². The second-order valence-corrected chi connectivity index (χ2v) is 11.5. The molecule has 1 N–H and O–H groups in total. The van der Waals surface area contributed by atoms with Crippen LogP contribution in [0.15, 0.2) is 65.2 Å². The molecule has 0 spiro atoms. The Morgan fingerprint density at radius 2 is 1.77 bits per heavy atom. The first-order valence-corrected chi connectivity index (χ1v) is 14.3. The zero-order chi connectivity index (χ0) is 27.2. The molecule has 3 aromatic rings. The summed E-state index contributed by atoms with van der Waals surface area (Å²) >= 11 is 0. The van der Waals surface area contributed by atoms with Crippen LogP contribution in [0.4, 0.5) is 4.39 Å². The van der Waals surface area contributed by atoms with E-state index in [2.05, 4.69) is 46.1 Å². The molecule has 2 atom stereocenters. The second-order valence-electron chi connectivity index (χ2n) is 11.5. The Balaban J connectivity index is 0.000000158. The first-order valence-electron chi connectivity index (χ1n) is 14.3. The maximum absolute atomic E-state index is 13.3. The topological polar surface area (TPSA) is 69.8 Å². The maximum Gasteiger partial charge on any atom is 0.320 e. The smallest absolute Gasteiger partial charge is 0.320 e. The number of halogens is 1. The van der Waals surface area contributed by atoms with Gasteiger partial charge in [0.25, 0.3) is 0 Å². The van der Waals surface area contributed by atoms with Crippen molar-refractivity contribution in [1.29, 1.82) is 0 Å². The van der Waals surface area contributed by atoms with E-state index in [9.17, 15) is 14.3 Å². The van der Waals surface area contributed by atoms with Gasteiger partial charge in [-0.15, -0.1) is 0 Å². The lowest BCUT2D eigenvalue weighted by Crippen LogP contribution is -2.40. The summed E-state index contributed by atoms with van der Waals surface area (Å²) in [4.78, 5) is 20.3. The highest BCUT2D eigenvalue weighted by Gasteiger charge is 2.37. The Morgan fingerprint density at radius 3 is 2.46 bits per heavy atom. The molecule has 0 amide bonds. The predicted octanol–water partition coefficient (Wildman–Crippen LogP) is 5.94. The molecule has 2 saturated heterocycles. The van der Waals surface area contributed by atoms with E-state index in [0.29, 0.717) is 11.8 Å². The van der Waals surface area contributed by atoms with Gasteiger partial charge in [0.2, 0.25) is 0 Å².